The monoisotopic (exact) mass is 418 g/mol. The number of halogens is 2. The summed E-state index contributed by atoms with van der Waals surface area (Å²) in [7, 11) is 0. The Hall–Kier alpha value is -2.64. The molecule has 2 aromatic heterocycles. The second-order valence-corrected chi connectivity index (χ2v) is 7.05. The quantitative estimate of drug-likeness (QED) is 0.653. The second-order valence-electron chi connectivity index (χ2n) is 6.23. The van der Waals surface area contributed by atoms with Gasteiger partial charge in [0, 0.05) is 12.2 Å². The molecule has 0 spiro atoms. The molecule has 9 heteroatoms. The molecule has 0 saturated carbocycles. The van der Waals surface area contributed by atoms with Gasteiger partial charge >= 0.3 is 0 Å². The van der Waals surface area contributed by atoms with Gasteiger partial charge in [0.05, 0.1) is 40.4 Å². The van der Waals surface area contributed by atoms with Gasteiger partial charge in [-0.3, -0.25) is 9.78 Å². The van der Waals surface area contributed by atoms with Crippen LogP contribution in [0.2, 0.25) is 10.0 Å². The van der Waals surface area contributed by atoms with Gasteiger partial charge < -0.3 is 10.2 Å². The van der Waals surface area contributed by atoms with Crippen molar-refractivity contribution in [1.82, 2.24) is 19.7 Å². The zero-order chi connectivity index (χ0) is 20.3. The first-order valence-corrected chi connectivity index (χ1v) is 9.49. The number of aryl methyl sites for hydroxylation is 2. The molecule has 28 heavy (non-hydrogen) atoms. The van der Waals surface area contributed by atoms with E-state index in [-0.39, 0.29) is 12.5 Å². The van der Waals surface area contributed by atoms with E-state index in [2.05, 4.69) is 20.4 Å². The van der Waals surface area contributed by atoms with E-state index >= 15 is 0 Å². The molecule has 1 N–H and O–H groups in total. The summed E-state index contributed by atoms with van der Waals surface area (Å²) in [4.78, 5) is 23.2. The van der Waals surface area contributed by atoms with Crippen LogP contribution in [0.4, 0.5) is 11.5 Å². The lowest BCUT2D eigenvalue weighted by molar-refractivity contribution is -0.115. The summed E-state index contributed by atoms with van der Waals surface area (Å²) < 4.78 is 1.73. The van der Waals surface area contributed by atoms with E-state index in [1.807, 2.05) is 31.7 Å². The Kier molecular flexibility index (Phi) is 6.16. The van der Waals surface area contributed by atoms with Crippen molar-refractivity contribution in [2.45, 2.75) is 20.8 Å². The minimum atomic E-state index is -0.254. The zero-order valence-electron chi connectivity index (χ0n) is 15.8. The van der Waals surface area contributed by atoms with E-state index < -0.39 is 0 Å². The molecule has 0 atom stereocenters. The highest BCUT2D eigenvalue weighted by Crippen LogP contribution is 2.29. The van der Waals surface area contributed by atoms with Crippen molar-refractivity contribution in [3.8, 4) is 5.82 Å². The summed E-state index contributed by atoms with van der Waals surface area (Å²) in [6.45, 7) is 6.45. The molecule has 1 amide bonds. The van der Waals surface area contributed by atoms with Crippen LogP contribution in [0.25, 0.3) is 5.82 Å². The first kappa shape index (κ1) is 20.1. The van der Waals surface area contributed by atoms with Crippen molar-refractivity contribution in [2.24, 2.45) is 0 Å². The van der Waals surface area contributed by atoms with Crippen molar-refractivity contribution >= 4 is 40.6 Å². The summed E-state index contributed by atoms with van der Waals surface area (Å²) in [5, 5.41) is 7.96. The van der Waals surface area contributed by atoms with Gasteiger partial charge in [-0.05, 0) is 39.0 Å². The highest BCUT2D eigenvalue weighted by Gasteiger charge is 2.16. The molecule has 0 fully saturated rings. The van der Waals surface area contributed by atoms with Crippen LogP contribution in [-0.2, 0) is 4.79 Å². The molecular weight excluding hydrogens is 399 g/mol. The van der Waals surface area contributed by atoms with Crippen LogP contribution in [0.5, 0.6) is 0 Å². The topological polar surface area (TPSA) is 75.9 Å². The number of rotatable bonds is 6. The average Bonchev–Trinajstić information content (AvgIpc) is 3.01. The largest absolute Gasteiger partial charge is 0.346 e. The van der Waals surface area contributed by atoms with E-state index in [0.29, 0.717) is 33.9 Å². The lowest BCUT2D eigenvalue weighted by Crippen LogP contribution is -2.34. The van der Waals surface area contributed by atoms with Gasteiger partial charge in [-0.1, -0.05) is 29.3 Å². The summed E-state index contributed by atoms with van der Waals surface area (Å²) in [6.07, 6.45) is 3.26. The number of likely N-dealkylation sites (N-methyl/N-ethyl adjacent to an activating group) is 1. The van der Waals surface area contributed by atoms with Gasteiger partial charge in [0.25, 0.3) is 0 Å². The van der Waals surface area contributed by atoms with E-state index in [1.165, 1.54) is 0 Å². The molecule has 0 aliphatic carbocycles. The summed E-state index contributed by atoms with van der Waals surface area (Å²) in [5.41, 5.74) is 2.25. The number of hydrogen-bond acceptors (Lipinski definition) is 5. The van der Waals surface area contributed by atoms with Crippen molar-refractivity contribution in [3.05, 3.63) is 58.1 Å². The summed E-state index contributed by atoms with van der Waals surface area (Å²) in [6, 6.07) is 7.03. The molecule has 0 radical (unpaired) electrons. The molecule has 1 aromatic carbocycles. The lowest BCUT2D eigenvalue weighted by atomic mass is 10.3. The Balaban J connectivity index is 1.79. The predicted octanol–water partition coefficient (Wildman–Crippen LogP) is 4.05. The van der Waals surface area contributed by atoms with Crippen LogP contribution in [0.15, 0.2) is 36.7 Å². The predicted molar refractivity (Wildman–Crippen MR) is 112 cm³/mol. The van der Waals surface area contributed by atoms with Crippen molar-refractivity contribution in [3.63, 3.8) is 0 Å². The SMILES string of the molecule is CCN(CC(=O)Nc1c(Cl)cccc1Cl)c1cncc(-n2nc(C)cc2C)n1. The van der Waals surface area contributed by atoms with Crippen LogP contribution in [0.1, 0.15) is 18.3 Å². The Bertz CT molecular complexity index is 984. The van der Waals surface area contributed by atoms with Crippen molar-refractivity contribution in [1.29, 1.82) is 0 Å². The van der Waals surface area contributed by atoms with Crippen molar-refractivity contribution in [2.75, 3.05) is 23.3 Å². The molecule has 0 unspecified atom stereocenters. The number of para-hydroxylation sites is 1. The fourth-order valence-corrected chi connectivity index (χ4v) is 3.28. The molecule has 0 aliphatic heterocycles. The molecule has 146 valence electrons. The molecule has 0 aliphatic rings. The Labute approximate surface area is 173 Å². The number of nitrogens with zero attached hydrogens (tertiary/aromatic N) is 5. The summed E-state index contributed by atoms with van der Waals surface area (Å²) in [5.74, 6) is 0.916. The normalized spacial score (nSPS) is 10.8. The minimum absolute atomic E-state index is 0.0767. The van der Waals surface area contributed by atoms with Gasteiger partial charge in [-0.25, -0.2) is 9.67 Å². The number of benzene rings is 1. The Morgan fingerprint density at radius 3 is 2.54 bits per heavy atom. The van der Waals surface area contributed by atoms with E-state index in [9.17, 15) is 4.79 Å². The Morgan fingerprint density at radius 1 is 1.21 bits per heavy atom. The second kappa shape index (κ2) is 8.58. The molecular formula is C19H20Cl2N6O. The zero-order valence-corrected chi connectivity index (χ0v) is 17.3. The fraction of sp³-hybridized carbons (Fsp3) is 0.263. The van der Waals surface area contributed by atoms with E-state index in [0.717, 1.165) is 11.4 Å². The van der Waals surface area contributed by atoms with Crippen LogP contribution in [-0.4, -0.2) is 38.7 Å². The van der Waals surface area contributed by atoms with E-state index in [1.54, 1.807) is 35.3 Å². The number of aromatic nitrogens is 4. The van der Waals surface area contributed by atoms with Crippen LogP contribution in [0.3, 0.4) is 0 Å². The third kappa shape index (κ3) is 4.43. The fourth-order valence-electron chi connectivity index (χ4n) is 2.79. The molecule has 3 rings (SSSR count). The van der Waals surface area contributed by atoms with E-state index in [4.69, 9.17) is 23.2 Å². The molecule has 3 aromatic rings. The smallest absolute Gasteiger partial charge is 0.244 e. The first-order chi connectivity index (χ1) is 13.4. The third-order valence-corrected chi connectivity index (χ3v) is 4.73. The standard InChI is InChI=1S/C19H20Cl2N6O/c1-4-26(11-18(28)24-19-14(20)6-5-7-15(19)21)16-9-22-10-17(23-16)27-13(3)8-12(2)25-27/h5-10H,4,11H2,1-3H3,(H,24,28). The molecule has 0 bridgehead atoms. The number of amides is 1. The minimum Gasteiger partial charge on any atom is -0.346 e. The Morgan fingerprint density at radius 2 is 1.93 bits per heavy atom. The molecule has 2 heterocycles. The van der Waals surface area contributed by atoms with Gasteiger partial charge in [0.15, 0.2) is 5.82 Å². The number of hydrogen-bond donors (Lipinski definition) is 1. The number of carbonyl (C=O) groups is 1. The highest BCUT2D eigenvalue weighted by atomic mass is 35.5. The number of carbonyl (C=O) groups excluding carboxylic acids is 1. The summed E-state index contributed by atoms with van der Waals surface area (Å²) >= 11 is 12.2. The third-order valence-electron chi connectivity index (χ3n) is 4.10. The van der Waals surface area contributed by atoms with Crippen LogP contribution < -0.4 is 10.2 Å². The highest BCUT2D eigenvalue weighted by molar-refractivity contribution is 6.39. The average molecular weight is 419 g/mol. The maximum absolute atomic E-state index is 12.5. The lowest BCUT2D eigenvalue weighted by Gasteiger charge is -2.21. The maximum Gasteiger partial charge on any atom is 0.244 e. The van der Waals surface area contributed by atoms with Gasteiger partial charge in [0.2, 0.25) is 5.91 Å². The van der Waals surface area contributed by atoms with Gasteiger partial charge in [-0.2, -0.15) is 5.10 Å². The van der Waals surface area contributed by atoms with Gasteiger partial charge in [-0.15, -0.1) is 0 Å². The number of nitrogens with one attached hydrogen (secondary N) is 1. The van der Waals surface area contributed by atoms with Crippen LogP contribution in [0, 0.1) is 13.8 Å². The molecule has 0 saturated heterocycles. The molecule has 7 nitrogen and oxygen atoms in total. The first-order valence-electron chi connectivity index (χ1n) is 8.73. The van der Waals surface area contributed by atoms with Crippen LogP contribution >= 0.6 is 23.2 Å². The number of anilines is 2. The maximum atomic E-state index is 12.5. The van der Waals surface area contributed by atoms with Crippen molar-refractivity contribution < 1.29 is 4.79 Å². The van der Waals surface area contributed by atoms with Gasteiger partial charge in [0.1, 0.15) is 5.82 Å².